The molecule has 3 N–H and O–H groups in total. The zero-order chi connectivity index (χ0) is 17.5. The lowest BCUT2D eigenvalue weighted by Crippen LogP contribution is -2.52. The van der Waals surface area contributed by atoms with Crippen molar-refractivity contribution < 1.29 is 24.4 Å². The van der Waals surface area contributed by atoms with Gasteiger partial charge in [0.05, 0.1) is 30.0 Å². The number of hydrogen-bond donors (Lipinski definition) is 3. The summed E-state index contributed by atoms with van der Waals surface area (Å²) in [6.45, 7) is 1.34. The minimum atomic E-state index is -1.07. The van der Waals surface area contributed by atoms with Crippen LogP contribution >= 0.6 is 0 Å². The van der Waals surface area contributed by atoms with Gasteiger partial charge in [-0.3, -0.25) is 19.7 Å². The van der Waals surface area contributed by atoms with Crippen molar-refractivity contribution >= 4 is 23.3 Å². The monoisotopic (exact) mass is 325 g/mol. The van der Waals surface area contributed by atoms with E-state index >= 15 is 0 Å². The Balaban J connectivity index is 2.69. The number of rotatable bonds is 9. The summed E-state index contributed by atoms with van der Waals surface area (Å²) < 4.78 is 4.93. The number of aliphatic carboxylic acids is 1. The Hall–Kier alpha value is -2.68. The summed E-state index contributed by atoms with van der Waals surface area (Å²) in [6, 6.07) is 5.93. The first-order chi connectivity index (χ1) is 10.8. The third-order valence-electron chi connectivity index (χ3n) is 2.99. The Morgan fingerprint density at radius 2 is 2.04 bits per heavy atom. The van der Waals surface area contributed by atoms with Crippen LogP contribution < -0.4 is 10.6 Å². The number of nitrogens with zero attached hydrogens (tertiary/aromatic N) is 1. The molecule has 1 amide bonds. The van der Waals surface area contributed by atoms with E-state index in [1.54, 1.807) is 13.0 Å². The third-order valence-corrected chi connectivity index (χ3v) is 2.99. The molecule has 0 heterocycles. The van der Waals surface area contributed by atoms with Gasteiger partial charge < -0.3 is 20.5 Å². The number of carbonyl (C=O) groups is 2. The minimum absolute atomic E-state index is 0.0243. The van der Waals surface area contributed by atoms with Crippen LogP contribution in [0.15, 0.2) is 24.3 Å². The number of hydrogen-bond acceptors (Lipinski definition) is 6. The molecular formula is C14H19N3O6. The molecule has 0 radical (unpaired) electrons. The van der Waals surface area contributed by atoms with Crippen LogP contribution in [0.2, 0.25) is 0 Å². The summed E-state index contributed by atoms with van der Waals surface area (Å²) in [7, 11) is 1.40. The Labute approximate surface area is 132 Å². The van der Waals surface area contributed by atoms with Gasteiger partial charge >= 0.3 is 5.97 Å². The van der Waals surface area contributed by atoms with Crippen molar-refractivity contribution in [3.05, 3.63) is 34.4 Å². The fourth-order valence-corrected chi connectivity index (χ4v) is 2.12. The smallest absolute Gasteiger partial charge is 0.305 e. The molecule has 0 aliphatic rings. The normalized spacial score (nSPS) is 13.0. The van der Waals surface area contributed by atoms with E-state index in [0.29, 0.717) is 0 Å². The number of carbonyl (C=O) groups excluding carboxylic acids is 1. The van der Waals surface area contributed by atoms with Gasteiger partial charge in [-0.2, -0.15) is 0 Å². The second-order valence-corrected chi connectivity index (χ2v) is 5.24. The molecule has 1 rings (SSSR count). The number of nitrogens with one attached hydrogen (secondary N) is 2. The summed E-state index contributed by atoms with van der Waals surface area (Å²) in [5, 5.41) is 25.0. The predicted octanol–water partition coefficient (Wildman–Crippen LogP) is 1.00. The lowest BCUT2D eigenvalue weighted by Gasteiger charge is -2.28. The second kappa shape index (κ2) is 8.08. The van der Waals surface area contributed by atoms with Crippen LogP contribution in [-0.2, 0) is 14.3 Å². The lowest BCUT2D eigenvalue weighted by atomic mass is 9.99. The maximum Gasteiger partial charge on any atom is 0.305 e. The van der Waals surface area contributed by atoms with E-state index < -0.39 is 22.3 Å². The van der Waals surface area contributed by atoms with Gasteiger partial charge in [0.1, 0.15) is 5.69 Å². The van der Waals surface area contributed by atoms with E-state index in [2.05, 4.69) is 10.6 Å². The number of para-hydroxylation sites is 2. The van der Waals surface area contributed by atoms with E-state index in [1.165, 1.54) is 25.3 Å². The highest BCUT2D eigenvalue weighted by molar-refractivity contribution is 5.83. The molecule has 1 aromatic carbocycles. The summed E-state index contributed by atoms with van der Waals surface area (Å²) in [5.74, 6) is -1.57. The Bertz CT molecular complexity index is 592. The number of benzene rings is 1. The van der Waals surface area contributed by atoms with Gasteiger partial charge in [0.2, 0.25) is 5.91 Å². The molecule has 9 nitrogen and oxygen atoms in total. The van der Waals surface area contributed by atoms with Gasteiger partial charge in [-0.25, -0.2) is 0 Å². The van der Waals surface area contributed by atoms with Crippen molar-refractivity contribution in [2.45, 2.75) is 18.9 Å². The van der Waals surface area contributed by atoms with Crippen LogP contribution in [0.1, 0.15) is 13.3 Å². The fourth-order valence-electron chi connectivity index (χ4n) is 2.12. The van der Waals surface area contributed by atoms with Crippen molar-refractivity contribution in [2.24, 2.45) is 0 Å². The Morgan fingerprint density at radius 3 is 2.61 bits per heavy atom. The molecule has 0 aromatic heterocycles. The minimum Gasteiger partial charge on any atom is -0.481 e. The van der Waals surface area contributed by atoms with Crippen LogP contribution in [0, 0.1) is 10.1 Å². The first-order valence-corrected chi connectivity index (χ1v) is 6.76. The quantitative estimate of drug-likeness (QED) is 0.456. The Kier molecular flexibility index (Phi) is 6.46. The molecule has 0 spiro atoms. The van der Waals surface area contributed by atoms with Gasteiger partial charge in [0.15, 0.2) is 0 Å². The SMILES string of the molecule is COCC(C)(CC(=O)O)NC(=O)CNc1ccccc1[N+](=O)[O-]. The third kappa shape index (κ3) is 5.91. The molecule has 0 aliphatic heterocycles. The number of amides is 1. The molecule has 9 heteroatoms. The predicted molar refractivity (Wildman–Crippen MR) is 82.3 cm³/mol. The number of nitro benzene ring substituents is 1. The highest BCUT2D eigenvalue weighted by Gasteiger charge is 2.29. The number of methoxy groups -OCH3 is 1. The molecule has 0 bridgehead atoms. The maximum absolute atomic E-state index is 12.0. The van der Waals surface area contributed by atoms with Crippen LogP contribution in [0.4, 0.5) is 11.4 Å². The van der Waals surface area contributed by atoms with Crippen LogP contribution in [0.5, 0.6) is 0 Å². The van der Waals surface area contributed by atoms with E-state index in [4.69, 9.17) is 9.84 Å². The number of nitro groups is 1. The molecule has 0 aliphatic carbocycles. The maximum atomic E-state index is 12.0. The van der Waals surface area contributed by atoms with Crippen molar-refractivity contribution in [2.75, 3.05) is 25.6 Å². The van der Waals surface area contributed by atoms with Crippen LogP contribution in [0.25, 0.3) is 0 Å². The van der Waals surface area contributed by atoms with Crippen molar-refractivity contribution in [1.82, 2.24) is 5.32 Å². The van der Waals surface area contributed by atoms with Gasteiger partial charge in [-0.05, 0) is 13.0 Å². The molecule has 23 heavy (non-hydrogen) atoms. The molecule has 0 saturated heterocycles. The molecule has 1 atom stereocenters. The van der Waals surface area contributed by atoms with Gasteiger partial charge in [0, 0.05) is 13.2 Å². The average molecular weight is 325 g/mol. The largest absolute Gasteiger partial charge is 0.481 e. The van der Waals surface area contributed by atoms with Crippen molar-refractivity contribution in [3.63, 3.8) is 0 Å². The number of carboxylic acids is 1. The average Bonchev–Trinajstić information content (AvgIpc) is 2.44. The molecule has 0 saturated carbocycles. The first-order valence-electron chi connectivity index (χ1n) is 6.76. The van der Waals surface area contributed by atoms with Crippen molar-refractivity contribution in [1.29, 1.82) is 0 Å². The fraction of sp³-hybridized carbons (Fsp3) is 0.429. The summed E-state index contributed by atoms with van der Waals surface area (Å²) in [5.41, 5.74) is -1.01. The summed E-state index contributed by atoms with van der Waals surface area (Å²) in [6.07, 6.45) is -0.307. The topological polar surface area (TPSA) is 131 Å². The molecule has 1 unspecified atom stereocenters. The van der Waals surface area contributed by atoms with E-state index in [-0.39, 0.29) is 30.9 Å². The molecule has 126 valence electrons. The Morgan fingerprint density at radius 1 is 1.39 bits per heavy atom. The number of ether oxygens (including phenoxy) is 1. The standard InChI is InChI=1S/C14H19N3O6/c1-14(9-23-2,7-13(19)20)16-12(18)8-15-10-5-3-4-6-11(10)17(21)22/h3-6,15H,7-9H2,1-2H3,(H,16,18)(H,19,20). The zero-order valence-corrected chi connectivity index (χ0v) is 12.9. The second-order valence-electron chi connectivity index (χ2n) is 5.24. The van der Waals surface area contributed by atoms with E-state index in [1.807, 2.05) is 0 Å². The molecular weight excluding hydrogens is 306 g/mol. The van der Waals surface area contributed by atoms with Crippen molar-refractivity contribution in [3.8, 4) is 0 Å². The van der Waals surface area contributed by atoms with Crippen LogP contribution in [-0.4, -0.2) is 47.7 Å². The highest BCUT2D eigenvalue weighted by atomic mass is 16.6. The molecule has 1 aromatic rings. The van der Waals surface area contributed by atoms with E-state index in [9.17, 15) is 19.7 Å². The van der Waals surface area contributed by atoms with Gasteiger partial charge in [-0.1, -0.05) is 12.1 Å². The summed E-state index contributed by atoms with van der Waals surface area (Å²) >= 11 is 0. The van der Waals surface area contributed by atoms with Crippen LogP contribution in [0.3, 0.4) is 0 Å². The number of carboxylic acid groups (broad SMARTS) is 1. The van der Waals surface area contributed by atoms with Gasteiger partial charge in [-0.15, -0.1) is 0 Å². The lowest BCUT2D eigenvalue weighted by molar-refractivity contribution is -0.383. The number of anilines is 1. The molecule has 0 fully saturated rings. The first kappa shape index (κ1) is 18.4. The van der Waals surface area contributed by atoms with Gasteiger partial charge in [0.25, 0.3) is 5.69 Å². The van der Waals surface area contributed by atoms with E-state index in [0.717, 1.165) is 0 Å². The zero-order valence-electron chi connectivity index (χ0n) is 12.9. The highest BCUT2D eigenvalue weighted by Crippen LogP contribution is 2.22. The summed E-state index contributed by atoms with van der Waals surface area (Å²) in [4.78, 5) is 33.2.